The maximum absolute atomic E-state index is 9.21. The molecule has 1 rings (SSSR count). The van der Waals surface area contributed by atoms with Gasteiger partial charge in [-0.15, -0.1) is 0 Å². The minimum atomic E-state index is -0.349. The Hall–Kier alpha value is -1.63. The second kappa shape index (κ2) is 8.47. The lowest BCUT2D eigenvalue weighted by atomic mass is 10.3. The minimum Gasteiger partial charge on any atom is -0.464 e. The number of aliphatic hydroxyl groups excluding tert-OH is 1. The molecule has 0 saturated carbocycles. The van der Waals surface area contributed by atoms with Gasteiger partial charge in [0.2, 0.25) is 11.9 Å². The molecule has 0 aliphatic rings. The first kappa shape index (κ1) is 15.4. The van der Waals surface area contributed by atoms with Crippen LogP contribution in [0, 0.1) is 0 Å². The van der Waals surface area contributed by atoms with Gasteiger partial charge in [-0.05, 0) is 26.7 Å². The van der Waals surface area contributed by atoms with Gasteiger partial charge in [-0.3, -0.25) is 0 Å². The molecule has 0 spiro atoms. The first-order chi connectivity index (χ1) is 9.15. The molecule has 19 heavy (non-hydrogen) atoms. The van der Waals surface area contributed by atoms with Crippen molar-refractivity contribution >= 4 is 11.9 Å². The zero-order valence-electron chi connectivity index (χ0n) is 11.8. The molecular weight excluding hydrogens is 246 g/mol. The quantitative estimate of drug-likeness (QED) is 0.621. The number of rotatable bonds is 9. The first-order valence-electron chi connectivity index (χ1n) is 6.70. The van der Waals surface area contributed by atoms with Gasteiger partial charge in [0.1, 0.15) is 0 Å². The van der Waals surface area contributed by atoms with Crippen LogP contribution in [0.2, 0.25) is 0 Å². The fourth-order valence-corrected chi connectivity index (χ4v) is 1.34. The Balaban J connectivity index is 2.68. The maximum atomic E-state index is 9.21. The maximum Gasteiger partial charge on any atom is 0.323 e. The number of nitrogens with one attached hydrogen (secondary N) is 2. The Morgan fingerprint density at radius 3 is 2.26 bits per heavy atom. The van der Waals surface area contributed by atoms with Crippen LogP contribution in [0.3, 0.4) is 0 Å². The number of hydrogen-bond donors (Lipinski definition) is 3. The molecule has 0 saturated heterocycles. The largest absolute Gasteiger partial charge is 0.464 e. The fraction of sp³-hybridized carbons (Fsp3) is 0.750. The number of anilines is 2. The summed E-state index contributed by atoms with van der Waals surface area (Å²) in [5, 5.41) is 15.4. The van der Waals surface area contributed by atoms with E-state index in [9.17, 15) is 5.11 Å². The van der Waals surface area contributed by atoms with E-state index in [4.69, 9.17) is 4.74 Å². The van der Waals surface area contributed by atoms with E-state index in [-0.39, 0.29) is 6.10 Å². The minimum absolute atomic E-state index is 0.302. The van der Waals surface area contributed by atoms with Gasteiger partial charge in [0, 0.05) is 13.1 Å². The number of nitrogens with zero attached hydrogens (tertiary/aromatic N) is 3. The van der Waals surface area contributed by atoms with Crippen molar-refractivity contribution in [1.29, 1.82) is 0 Å². The summed E-state index contributed by atoms with van der Waals surface area (Å²) in [6, 6.07) is 0.302. The third-order valence-corrected chi connectivity index (χ3v) is 2.27. The first-order valence-corrected chi connectivity index (χ1v) is 6.70. The van der Waals surface area contributed by atoms with E-state index in [0.29, 0.717) is 37.5 Å². The van der Waals surface area contributed by atoms with E-state index in [2.05, 4.69) is 32.5 Å². The van der Waals surface area contributed by atoms with Crippen LogP contribution in [-0.2, 0) is 0 Å². The zero-order valence-corrected chi connectivity index (χ0v) is 11.8. The van der Waals surface area contributed by atoms with Crippen LogP contribution >= 0.6 is 0 Å². The lowest BCUT2D eigenvalue weighted by Crippen LogP contribution is -2.14. The van der Waals surface area contributed by atoms with Crippen LogP contribution in [0.15, 0.2) is 0 Å². The predicted molar refractivity (Wildman–Crippen MR) is 74.6 cm³/mol. The SMILES string of the molecule is CCCNc1nc(NCCC(C)O)nc(OCC)n1. The summed E-state index contributed by atoms with van der Waals surface area (Å²) in [6.07, 6.45) is 1.27. The zero-order chi connectivity index (χ0) is 14.1. The van der Waals surface area contributed by atoms with Crippen molar-refractivity contribution in [2.45, 2.75) is 39.7 Å². The highest BCUT2D eigenvalue weighted by Crippen LogP contribution is 2.11. The summed E-state index contributed by atoms with van der Waals surface area (Å²) in [6.45, 7) is 7.59. The molecule has 0 aliphatic heterocycles. The van der Waals surface area contributed by atoms with E-state index in [1.165, 1.54) is 0 Å². The lowest BCUT2D eigenvalue weighted by Gasteiger charge is -2.10. The number of hydrogen-bond acceptors (Lipinski definition) is 7. The van der Waals surface area contributed by atoms with Crippen molar-refractivity contribution in [2.75, 3.05) is 30.3 Å². The summed E-state index contributed by atoms with van der Waals surface area (Å²) >= 11 is 0. The van der Waals surface area contributed by atoms with Crippen LogP contribution in [0.25, 0.3) is 0 Å². The Bertz CT molecular complexity index is 373. The average Bonchev–Trinajstić information content (AvgIpc) is 2.36. The molecule has 1 unspecified atom stereocenters. The topological polar surface area (TPSA) is 92.2 Å². The van der Waals surface area contributed by atoms with Crippen LogP contribution in [0.1, 0.15) is 33.6 Å². The average molecular weight is 269 g/mol. The monoisotopic (exact) mass is 269 g/mol. The third-order valence-electron chi connectivity index (χ3n) is 2.27. The van der Waals surface area contributed by atoms with Gasteiger partial charge >= 0.3 is 6.01 Å². The molecule has 0 radical (unpaired) electrons. The second-order valence-corrected chi connectivity index (χ2v) is 4.19. The van der Waals surface area contributed by atoms with Crippen molar-refractivity contribution in [3.63, 3.8) is 0 Å². The molecule has 7 heteroatoms. The van der Waals surface area contributed by atoms with Crippen molar-refractivity contribution in [2.24, 2.45) is 0 Å². The molecule has 0 aliphatic carbocycles. The van der Waals surface area contributed by atoms with Gasteiger partial charge < -0.3 is 20.5 Å². The molecule has 0 bridgehead atoms. The predicted octanol–water partition coefficient (Wildman–Crippen LogP) is 1.27. The van der Waals surface area contributed by atoms with Crippen LogP contribution in [-0.4, -0.2) is 45.9 Å². The summed E-state index contributed by atoms with van der Waals surface area (Å²) in [4.78, 5) is 12.6. The van der Waals surface area contributed by atoms with Crippen LogP contribution < -0.4 is 15.4 Å². The van der Waals surface area contributed by atoms with Crippen LogP contribution in [0.4, 0.5) is 11.9 Å². The molecule has 7 nitrogen and oxygen atoms in total. The van der Waals surface area contributed by atoms with Crippen molar-refractivity contribution in [3.05, 3.63) is 0 Å². The molecule has 1 aromatic rings. The Kier molecular flexibility index (Phi) is 6.88. The highest BCUT2D eigenvalue weighted by atomic mass is 16.5. The Morgan fingerprint density at radius 1 is 1.11 bits per heavy atom. The normalized spacial score (nSPS) is 12.0. The van der Waals surface area contributed by atoms with Gasteiger partial charge in [-0.2, -0.15) is 15.0 Å². The Morgan fingerprint density at radius 2 is 1.74 bits per heavy atom. The van der Waals surface area contributed by atoms with Gasteiger partial charge in [-0.25, -0.2) is 0 Å². The van der Waals surface area contributed by atoms with Crippen LogP contribution in [0.5, 0.6) is 6.01 Å². The van der Waals surface area contributed by atoms with Crippen molar-refractivity contribution in [3.8, 4) is 6.01 Å². The summed E-state index contributed by atoms with van der Waals surface area (Å²) in [5.41, 5.74) is 0. The summed E-state index contributed by atoms with van der Waals surface area (Å²) in [5.74, 6) is 0.956. The Labute approximate surface area is 113 Å². The second-order valence-electron chi connectivity index (χ2n) is 4.19. The van der Waals surface area contributed by atoms with Gasteiger partial charge in [0.15, 0.2) is 0 Å². The number of aromatic nitrogens is 3. The smallest absolute Gasteiger partial charge is 0.323 e. The van der Waals surface area contributed by atoms with E-state index in [1.807, 2.05) is 6.92 Å². The summed E-state index contributed by atoms with van der Waals surface area (Å²) in [7, 11) is 0. The highest BCUT2D eigenvalue weighted by molar-refractivity contribution is 5.35. The lowest BCUT2D eigenvalue weighted by molar-refractivity contribution is 0.188. The molecule has 1 atom stereocenters. The van der Waals surface area contributed by atoms with E-state index in [1.54, 1.807) is 6.92 Å². The standard InChI is InChI=1S/C12H23N5O2/c1-4-7-13-10-15-11(14-8-6-9(3)18)17-12(16-10)19-5-2/h9,18H,4-8H2,1-3H3,(H2,13,14,15,16,17). The van der Waals surface area contributed by atoms with E-state index < -0.39 is 0 Å². The molecule has 0 amide bonds. The molecule has 1 aromatic heterocycles. The van der Waals surface area contributed by atoms with Gasteiger partial charge in [0.05, 0.1) is 12.7 Å². The van der Waals surface area contributed by atoms with E-state index >= 15 is 0 Å². The molecule has 1 heterocycles. The molecule has 108 valence electrons. The fourth-order valence-electron chi connectivity index (χ4n) is 1.34. The molecule has 3 N–H and O–H groups in total. The third kappa shape index (κ3) is 6.19. The number of aliphatic hydroxyl groups is 1. The van der Waals surface area contributed by atoms with E-state index in [0.717, 1.165) is 13.0 Å². The van der Waals surface area contributed by atoms with Gasteiger partial charge in [-0.1, -0.05) is 6.92 Å². The molecule has 0 aromatic carbocycles. The summed E-state index contributed by atoms with van der Waals surface area (Å²) < 4.78 is 5.30. The number of ether oxygens (including phenoxy) is 1. The molecular formula is C12H23N5O2. The van der Waals surface area contributed by atoms with Crippen molar-refractivity contribution < 1.29 is 9.84 Å². The van der Waals surface area contributed by atoms with Gasteiger partial charge in [0.25, 0.3) is 0 Å². The van der Waals surface area contributed by atoms with Crippen molar-refractivity contribution in [1.82, 2.24) is 15.0 Å². The molecule has 0 fully saturated rings. The highest BCUT2D eigenvalue weighted by Gasteiger charge is 2.07.